The zero-order valence-corrected chi connectivity index (χ0v) is 15.0. The van der Waals surface area contributed by atoms with E-state index in [2.05, 4.69) is 25.9 Å². The molecule has 1 aromatic carbocycles. The molecule has 1 heterocycles. The van der Waals surface area contributed by atoms with Crippen molar-refractivity contribution >= 4 is 50.8 Å². The van der Waals surface area contributed by atoms with E-state index in [-0.39, 0.29) is 22.6 Å². The third-order valence-electron chi connectivity index (χ3n) is 4.28. The molecule has 0 atom stereocenters. The number of guanidine groups is 2. The fourth-order valence-corrected chi connectivity index (χ4v) is 4.33. The molecule has 4 N–H and O–H groups in total. The minimum Gasteiger partial charge on any atom is -0.369 e. The smallest absolute Gasteiger partial charge is 0.295 e. The van der Waals surface area contributed by atoms with E-state index < -0.39 is 10.6 Å². The highest BCUT2D eigenvalue weighted by molar-refractivity contribution is 9.10. The molecule has 0 bridgehead atoms. The molecule has 0 radical (unpaired) electrons. The summed E-state index contributed by atoms with van der Waals surface area (Å²) in [5, 5.41) is 11.8. The summed E-state index contributed by atoms with van der Waals surface area (Å²) in [7, 11) is 0. The Hall–Kier alpha value is -1.87. The molecule has 0 amide bonds. The summed E-state index contributed by atoms with van der Waals surface area (Å²) >= 11 is 9.35. The number of hydrogen-bond donors (Lipinski definition) is 2. The van der Waals surface area contributed by atoms with Gasteiger partial charge in [0.2, 0.25) is 11.9 Å². The number of nitrogens with two attached hydrogens (primary N) is 2. The Morgan fingerprint density at radius 3 is 2.58 bits per heavy atom. The van der Waals surface area contributed by atoms with Crippen LogP contribution in [0.2, 0.25) is 5.02 Å². The lowest BCUT2D eigenvalue weighted by Crippen LogP contribution is -2.58. The molecule has 24 heavy (non-hydrogen) atoms. The lowest BCUT2D eigenvalue weighted by molar-refractivity contribution is -0.384. The highest BCUT2D eigenvalue weighted by Gasteiger charge is 2.45. The first-order valence-electron chi connectivity index (χ1n) is 7.47. The Labute approximate surface area is 151 Å². The summed E-state index contributed by atoms with van der Waals surface area (Å²) in [5.74, 6) is 0.189. The van der Waals surface area contributed by atoms with Gasteiger partial charge in [0.1, 0.15) is 11.4 Å². The van der Waals surface area contributed by atoms with E-state index in [1.807, 2.05) is 0 Å². The van der Waals surface area contributed by atoms with Crippen molar-refractivity contribution in [2.45, 2.75) is 37.8 Å². The molecule has 10 heteroatoms. The largest absolute Gasteiger partial charge is 0.369 e. The quantitative estimate of drug-likeness (QED) is 0.567. The normalized spacial score (nSPS) is 19.8. The van der Waals surface area contributed by atoms with Crippen LogP contribution in [0.3, 0.4) is 0 Å². The van der Waals surface area contributed by atoms with Crippen molar-refractivity contribution in [1.29, 1.82) is 0 Å². The van der Waals surface area contributed by atoms with Crippen LogP contribution >= 0.6 is 27.5 Å². The van der Waals surface area contributed by atoms with Gasteiger partial charge in [-0.2, -0.15) is 4.99 Å². The van der Waals surface area contributed by atoms with E-state index in [1.165, 1.54) is 6.07 Å². The second-order valence-electron chi connectivity index (χ2n) is 5.83. The van der Waals surface area contributed by atoms with Crippen molar-refractivity contribution in [3.63, 3.8) is 0 Å². The first-order chi connectivity index (χ1) is 11.3. The number of rotatable bonds is 2. The Morgan fingerprint density at radius 1 is 1.29 bits per heavy atom. The highest BCUT2D eigenvalue weighted by atomic mass is 79.9. The molecule has 1 fully saturated rings. The number of aliphatic imine (C=N–C) groups is 2. The van der Waals surface area contributed by atoms with Crippen LogP contribution in [0.15, 0.2) is 26.6 Å². The van der Waals surface area contributed by atoms with Gasteiger partial charge in [0.05, 0.1) is 4.92 Å². The first-order valence-corrected chi connectivity index (χ1v) is 8.64. The van der Waals surface area contributed by atoms with Gasteiger partial charge in [0.15, 0.2) is 0 Å². The van der Waals surface area contributed by atoms with Crippen LogP contribution in [0.4, 0.5) is 11.4 Å². The molecule has 128 valence electrons. The second-order valence-corrected chi connectivity index (χ2v) is 7.12. The fourth-order valence-electron chi connectivity index (χ4n) is 3.36. The summed E-state index contributed by atoms with van der Waals surface area (Å²) in [6.07, 6.45) is 4.32. The zero-order chi connectivity index (χ0) is 17.5. The Morgan fingerprint density at radius 2 is 1.96 bits per heavy atom. The van der Waals surface area contributed by atoms with E-state index in [4.69, 9.17) is 23.1 Å². The highest BCUT2D eigenvalue weighted by Crippen LogP contribution is 2.46. The summed E-state index contributed by atoms with van der Waals surface area (Å²) in [4.78, 5) is 21.3. The van der Waals surface area contributed by atoms with Crippen molar-refractivity contribution in [1.82, 2.24) is 0 Å². The maximum atomic E-state index is 11.6. The Kier molecular flexibility index (Phi) is 4.39. The number of benzene rings is 1. The maximum Gasteiger partial charge on any atom is 0.295 e. The average Bonchev–Trinajstić information content (AvgIpc) is 2.48. The number of hydrogen-bond acceptors (Lipinski definition) is 7. The number of nitrogens with zero attached hydrogens (tertiary/aromatic N) is 4. The van der Waals surface area contributed by atoms with E-state index in [1.54, 1.807) is 11.0 Å². The van der Waals surface area contributed by atoms with Gasteiger partial charge >= 0.3 is 0 Å². The maximum absolute atomic E-state index is 11.6. The minimum atomic E-state index is -0.755. The molecule has 8 nitrogen and oxygen atoms in total. The monoisotopic (exact) mass is 414 g/mol. The molecule has 0 saturated heterocycles. The summed E-state index contributed by atoms with van der Waals surface area (Å²) in [6, 6.07) is 2.89. The minimum absolute atomic E-state index is 0.0931. The van der Waals surface area contributed by atoms with Gasteiger partial charge in [0, 0.05) is 15.6 Å². The van der Waals surface area contributed by atoms with Crippen LogP contribution < -0.4 is 16.4 Å². The molecule has 1 saturated carbocycles. The number of anilines is 1. The van der Waals surface area contributed by atoms with Gasteiger partial charge in [0.25, 0.3) is 5.69 Å². The van der Waals surface area contributed by atoms with Crippen LogP contribution in [-0.2, 0) is 0 Å². The molecular formula is C14H16BrClN6O2. The number of nitro benzene ring substituents is 1. The zero-order valence-electron chi connectivity index (χ0n) is 12.7. The van der Waals surface area contributed by atoms with E-state index in [9.17, 15) is 10.1 Å². The Balaban J connectivity index is 2.23. The van der Waals surface area contributed by atoms with Gasteiger partial charge in [-0.1, -0.05) is 18.0 Å². The topological polar surface area (TPSA) is 123 Å². The molecule has 1 spiro atoms. The van der Waals surface area contributed by atoms with Crippen molar-refractivity contribution < 1.29 is 4.92 Å². The van der Waals surface area contributed by atoms with Gasteiger partial charge in [-0.25, -0.2) is 4.99 Å². The standard InChI is InChI=1S/C14H16BrClN6O2/c15-9-6-8(16)7-10(22(23)24)11(9)21-13(18)19-12(17)20-14(21)4-2-1-3-5-14/h6-7H,1-5H2,(H4,17,18,19,20). The first kappa shape index (κ1) is 17.0. The van der Waals surface area contributed by atoms with Crippen LogP contribution in [0.25, 0.3) is 0 Å². The fraction of sp³-hybridized carbons (Fsp3) is 0.429. The van der Waals surface area contributed by atoms with Crippen LogP contribution in [0, 0.1) is 10.1 Å². The van der Waals surface area contributed by atoms with E-state index >= 15 is 0 Å². The van der Waals surface area contributed by atoms with Gasteiger partial charge in [-0.15, -0.1) is 0 Å². The lowest BCUT2D eigenvalue weighted by atomic mass is 9.87. The van der Waals surface area contributed by atoms with Gasteiger partial charge < -0.3 is 11.5 Å². The molecule has 0 aromatic heterocycles. The number of halogens is 2. The second kappa shape index (κ2) is 6.21. The summed E-state index contributed by atoms with van der Waals surface area (Å²) < 4.78 is 0.459. The lowest BCUT2D eigenvalue weighted by Gasteiger charge is -2.45. The van der Waals surface area contributed by atoms with Crippen LogP contribution in [0.5, 0.6) is 0 Å². The van der Waals surface area contributed by atoms with E-state index in [0.29, 0.717) is 23.0 Å². The Bertz CT molecular complexity index is 760. The van der Waals surface area contributed by atoms with Crippen LogP contribution in [-0.4, -0.2) is 22.5 Å². The molecule has 1 aliphatic heterocycles. The van der Waals surface area contributed by atoms with Crippen molar-refractivity contribution in [3.05, 3.63) is 31.7 Å². The summed E-state index contributed by atoms with van der Waals surface area (Å²) in [5.41, 5.74) is 11.3. The molecule has 1 aromatic rings. The number of nitro groups is 1. The average molecular weight is 416 g/mol. The molecule has 2 aliphatic rings. The van der Waals surface area contributed by atoms with Crippen molar-refractivity contribution in [2.24, 2.45) is 21.5 Å². The summed E-state index contributed by atoms with van der Waals surface area (Å²) in [6.45, 7) is 0. The molecule has 0 unspecified atom stereocenters. The van der Waals surface area contributed by atoms with Crippen LogP contribution in [0.1, 0.15) is 32.1 Å². The van der Waals surface area contributed by atoms with Crippen molar-refractivity contribution in [3.8, 4) is 0 Å². The van der Waals surface area contributed by atoms with E-state index in [0.717, 1.165) is 19.3 Å². The predicted octanol–water partition coefficient (Wildman–Crippen LogP) is 3.12. The molecule has 3 rings (SSSR count). The molecule has 1 aliphatic carbocycles. The van der Waals surface area contributed by atoms with Crippen molar-refractivity contribution in [2.75, 3.05) is 4.90 Å². The third-order valence-corrected chi connectivity index (χ3v) is 5.10. The van der Waals surface area contributed by atoms with Gasteiger partial charge in [-0.05, 0) is 47.7 Å². The molecular weight excluding hydrogens is 400 g/mol. The van der Waals surface area contributed by atoms with Gasteiger partial charge in [-0.3, -0.25) is 15.0 Å². The SMILES string of the molecule is NC1=NC2(CCCCC2)N(c2c(Br)cc(Cl)cc2[N+](=O)[O-])C(N)=N1. The third kappa shape index (κ3) is 2.82. The predicted molar refractivity (Wildman–Crippen MR) is 97.3 cm³/mol.